The SMILES string of the molecule is CN(C)C1CCCN(c2cc(CO)cc(C(C)(C)C)n2)C1. The molecule has 0 amide bonds. The molecule has 1 aromatic heterocycles. The fraction of sp³-hybridized carbons (Fsp3) is 0.706. The molecule has 1 N–H and O–H groups in total. The number of nitrogens with zero attached hydrogens (tertiary/aromatic N) is 3. The highest BCUT2D eigenvalue weighted by atomic mass is 16.3. The molecule has 1 fully saturated rings. The van der Waals surface area contributed by atoms with E-state index in [0.717, 1.165) is 30.2 Å². The third-order valence-corrected chi connectivity index (χ3v) is 4.27. The van der Waals surface area contributed by atoms with Crippen LogP contribution in [-0.4, -0.2) is 48.2 Å². The maximum absolute atomic E-state index is 9.54. The van der Waals surface area contributed by atoms with E-state index < -0.39 is 0 Å². The van der Waals surface area contributed by atoms with Gasteiger partial charge in [-0.2, -0.15) is 0 Å². The predicted molar refractivity (Wildman–Crippen MR) is 87.8 cm³/mol. The molecule has 0 aromatic carbocycles. The van der Waals surface area contributed by atoms with Crippen LogP contribution in [0.25, 0.3) is 0 Å². The standard InChI is InChI=1S/C17H29N3O/c1-17(2,3)15-9-13(12-21)10-16(18-15)20-8-6-7-14(11-20)19(4)5/h9-10,14,21H,6-8,11-12H2,1-5H3. The predicted octanol–water partition coefficient (Wildman–Crippen LogP) is 2.40. The van der Waals surface area contributed by atoms with Crippen LogP contribution in [0.3, 0.4) is 0 Å². The van der Waals surface area contributed by atoms with Crippen molar-refractivity contribution in [3.05, 3.63) is 23.4 Å². The highest BCUT2D eigenvalue weighted by Gasteiger charge is 2.24. The average molecular weight is 291 g/mol. The zero-order valence-corrected chi connectivity index (χ0v) is 14.1. The van der Waals surface area contributed by atoms with Crippen molar-refractivity contribution in [2.75, 3.05) is 32.1 Å². The number of piperidine rings is 1. The summed E-state index contributed by atoms with van der Waals surface area (Å²) in [5.74, 6) is 1.01. The Morgan fingerprint density at radius 3 is 2.62 bits per heavy atom. The lowest BCUT2D eigenvalue weighted by Gasteiger charge is -2.37. The van der Waals surface area contributed by atoms with Crippen LogP contribution in [0.15, 0.2) is 12.1 Å². The molecule has 1 saturated heterocycles. The Bertz CT molecular complexity index is 479. The molecule has 21 heavy (non-hydrogen) atoms. The molecular formula is C17H29N3O. The van der Waals surface area contributed by atoms with E-state index in [9.17, 15) is 5.11 Å². The monoisotopic (exact) mass is 291 g/mol. The molecule has 0 bridgehead atoms. The lowest BCUT2D eigenvalue weighted by Crippen LogP contribution is -2.45. The number of anilines is 1. The maximum Gasteiger partial charge on any atom is 0.129 e. The molecule has 2 heterocycles. The Kier molecular flexibility index (Phi) is 4.89. The van der Waals surface area contributed by atoms with E-state index in [0.29, 0.717) is 6.04 Å². The van der Waals surface area contributed by atoms with Gasteiger partial charge in [-0.15, -0.1) is 0 Å². The van der Waals surface area contributed by atoms with E-state index >= 15 is 0 Å². The van der Waals surface area contributed by atoms with E-state index in [-0.39, 0.29) is 12.0 Å². The van der Waals surface area contributed by atoms with Crippen molar-refractivity contribution in [1.29, 1.82) is 0 Å². The second kappa shape index (κ2) is 6.32. The molecule has 1 atom stereocenters. The molecule has 0 aliphatic carbocycles. The number of aliphatic hydroxyl groups excluding tert-OH is 1. The Hall–Kier alpha value is -1.13. The molecule has 0 radical (unpaired) electrons. The molecule has 0 spiro atoms. The highest BCUT2D eigenvalue weighted by molar-refractivity contribution is 5.44. The largest absolute Gasteiger partial charge is 0.392 e. The first-order valence-corrected chi connectivity index (χ1v) is 7.85. The smallest absolute Gasteiger partial charge is 0.129 e. The third-order valence-electron chi connectivity index (χ3n) is 4.27. The molecule has 4 heteroatoms. The number of aliphatic hydroxyl groups is 1. The van der Waals surface area contributed by atoms with Gasteiger partial charge < -0.3 is 14.9 Å². The van der Waals surface area contributed by atoms with Gasteiger partial charge in [-0.1, -0.05) is 20.8 Å². The normalized spacial score (nSPS) is 20.1. The molecule has 1 unspecified atom stereocenters. The van der Waals surface area contributed by atoms with Gasteiger partial charge in [0.05, 0.1) is 6.61 Å². The van der Waals surface area contributed by atoms with Crippen LogP contribution in [0.4, 0.5) is 5.82 Å². The van der Waals surface area contributed by atoms with E-state index in [2.05, 4.69) is 44.7 Å². The molecule has 1 aliphatic rings. The summed E-state index contributed by atoms with van der Waals surface area (Å²) in [5, 5.41) is 9.54. The van der Waals surface area contributed by atoms with Gasteiger partial charge in [-0.25, -0.2) is 4.98 Å². The van der Waals surface area contributed by atoms with Crippen LogP contribution >= 0.6 is 0 Å². The first-order chi connectivity index (χ1) is 9.81. The van der Waals surface area contributed by atoms with Crippen LogP contribution in [0, 0.1) is 0 Å². The Labute approximate surface area is 128 Å². The maximum atomic E-state index is 9.54. The molecule has 118 valence electrons. The Balaban J connectivity index is 2.30. The third kappa shape index (κ3) is 3.95. The van der Waals surface area contributed by atoms with Gasteiger partial charge in [0.15, 0.2) is 0 Å². The number of aromatic nitrogens is 1. The quantitative estimate of drug-likeness (QED) is 0.928. The average Bonchev–Trinajstić information content (AvgIpc) is 2.46. The van der Waals surface area contributed by atoms with Crippen LogP contribution in [0.2, 0.25) is 0 Å². The first-order valence-electron chi connectivity index (χ1n) is 7.85. The molecule has 1 aliphatic heterocycles. The zero-order chi connectivity index (χ0) is 15.6. The van der Waals surface area contributed by atoms with Crippen molar-refractivity contribution in [3.63, 3.8) is 0 Å². The lowest BCUT2D eigenvalue weighted by molar-refractivity contribution is 0.257. The number of hydrogen-bond donors (Lipinski definition) is 1. The Morgan fingerprint density at radius 1 is 1.33 bits per heavy atom. The number of likely N-dealkylation sites (N-methyl/N-ethyl adjacent to an activating group) is 1. The summed E-state index contributed by atoms with van der Waals surface area (Å²) < 4.78 is 0. The van der Waals surface area contributed by atoms with Crippen molar-refractivity contribution in [3.8, 4) is 0 Å². The first kappa shape index (κ1) is 16.2. The summed E-state index contributed by atoms with van der Waals surface area (Å²) in [5.41, 5.74) is 2.00. The van der Waals surface area contributed by atoms with E-state index in [1.54, 1.807) is 0 Å². The van der Waals surface area contributed by atoms with Crippen molar-refractivity contribution in [1.82, 2.24) is 9.88 Å². The summed E-state index contributed by atoms with van der Waals surface area (Å²) in [7, 11) is 4.29. The molecule has 1 aromatic rings. The fourth-order valence-electron chi connectivity index (χ4n) is 2.79. The molecule has 4 nitrogen and oxygen atoms in total. The highest BCUT2D eigenvalue weighted by Crippen LogP contribution is 2.27. The van der Waals surface area contributed by atoms with Crippen LogP contribution in [0.1, 0.15) is 44.9 Å². The summed E-state index contributed by atoms with van der Waals surface area (Å²) in [6, 6.07) is 4.64. The minimum absolute atomic E-state index is 0.00331. The van der Waals surface area contributed by atoms with Gasteiger partial charge in [0.2, 0.25) is 0 Å². The molecule has 0 saturated carbocycles. The summed E-state index contributed by atoms with van der Waals surface area (Å²) in [4.78, 5) is 9.53. The van der Waals surface area contributed by atoms with Crippen LogP contribution < -0.4 is 4.90 Å². The molecular weight excluding hydrogens is 262 g/mol. The second-order valence-corrected chi connectivity index (χ2v) is 7.33. The summed E-state index contributed by atoms with van der Waals surface area (Å²) in [6.07, 6.45) is 2.44. The van der Waals surface area contributed by atoms with E-state index in [1.165, 1.54) is 12.8 Å². The van der Waals surface area contributed by atoms with Crippen molar-refractivity contribution >= 4 is 5.82 Å². The van der Waals surface area contributed by atoms with Crippen molar-refractivity contribution in [2.24, 2.45) is 0 Å². The minimum atomic E-state index is -0.00331. The van der Waals surface area contributed by atoms with Gasteiger partial charge in [0, 0.05) is 30.2 Å². The van der Waals surface area contributed by atoms with Crippen LogP contribution in [-0.2, 0) is 12.0 Å². The van der Waals surface area contributed by atoms with Crippen molar-refractivity contribution in [2.45, 2.75) is 51.7 Å². The van der Waals surface area contributed by atoms with Gasteiger partial charge in [-0.3, -0.25) is 0 Å². The fourth-order valence-corrected chi connectivity index (χ4v) is 2.79. The second-order valence-electron chi connectivity index (χ2n) is 7.33. The van der Waals surface area contributed by atoms with Gasteiger partial charge >= 0.3 is 0 Å². The lowest BCUT2D eigenvalue weighted by atomic mass is 9.90. The van der Waals surface area contributed by atoms with Crippen LogP contribution in [0.5, 0.6) is 0 Å². The van der Waals surface area contributed by atoms with Gasteiger partial charge in [-0.05, 0) is 44.6 Å². The number of hydrogen-bond acceptors (Lipinski definition) is 4. The summed E-state index contributed by atoms with van der Waals surface area (Å²) in [6.45, 7) is 8.63. The number of rotatable bonds is 3. The summed E-state index contributed by atoms with van der Waals surface area (Å²) >= 11 is 0. The minimum Gasteiger partial charge on any atom is -0.392 e. The zero-order valence-electron chi connectivity index (χ0n) is 14.1. The van der Waals surface area contributed by atoms with E-state index in [1.807, 2.05) is 12.1 Å². The van der Waals surface area contributed by atoms with E-state index in [4.69, 9.17) is 4.98 Å². The number of pyridine rings is 1. The topological polar surface area (TPSA) is 39.6 Å². The van der Waals surface area contributed by atoms with Crippen molar-refractivity contribution < 1.29 is 5.11 Å². The Morgan fingerprint density at radius 2 is 2.05 bits per heavy atom. The molecule has 2 rings (SSSR count). The van der Waals surface area contributed by atoms with Gasteiger partial charge in [0.25, 0.3) is 0 Å². The van der Waals surface area contributed by atoms with Gasteiger partial charge in [0.1, 0.15) is 5.82 Å².